The molecule has 0 fully saturated rings. The van der Waals surface area contributed by atoms with Crippen molar-refractivity contribution in [3.8, 4) is 0 Å². The molecule has 92 valence electrons. The van der Waals surface area contributed by atoms with E-state index in [-0.39, 0.29) is 0 Å². The quantitative estimate of drug-likeness (QED) is 0.825. The summed E-state index contributed by atoms with van der Waals surface area (Å²) in [6, 6.07) is 2.04. The van der Waals surface area contributed by atoms with Crippen molar-refractivity contribution < 1.29 is 0 Å². The summed E-state index contributed by atoms with van der Waals surface area (Å²) in [6.07, 6.45) is 7.74. The molecule has 0 amide bonds. The van der Waals surface area contributed by atoms with Gasteiger partial charge in [-0.25, -0.2) is 4.98 Å². The fourth-order valence-corrected chi connectivity index (χ4v) is 1.85. The summed E-state index contributed by atoms with van der Waals surface area (Å²) in [5.74, 6) is 0.953. The van der Waals surface area contributed by atoms with Gasteiger partial charge in [-0.05, 0) is 12.5 Å². The van der Waals surface area contributed by atoms with Crippen molar-refractivity contribution in [2.45, 2.75) is 26.3 Å². The van der Waals surface area contributed by atoms with E-state index in [1.807, 2.05) is 36.4 Å². The van der Waals surface area contributed by atoms with Gasteiger partial charge in [-0.2, -0.15) is 5.10 Å². The van der Waals surface area contributed by atoms with Gasteiger partial charge in [0.2, 0.25) is 5.95 Å². The summed E-state index contributed by atoms with van der Waals surface area (Å²) >= 11 is 0. The van der Waals surface area contributed by atoms with Gasteiger partial charge in [-0.1, -0.05) is 6.92 Å². The molecule has 0 spiro atoms. The molecular formula is C12H19N5. The van der Waals surface area contributed by atoms with Crippen LogP contribution in [0.5, 0.6) is 0 Å². The number of nitrogens with one attached hydrogen (secondary N) is 1. The standard InChI is InChI=1S/C12H19N5/c1-3-9-17-10-8-14-12(17)13-6-4-11-5-7-15-16(11)2/h5,7-8,10H,3-4,6,9H2,1-2H3,(H,13,14). The molecule has 0 aromatic carbocycles. The molecule has 0 bridgehead atoms. The van der Waals surface area contributed by atoms with Crippen molar-refractivity contribution in [2.24, 2.45) is 7.05 Å². The lowest BCUT2D eigenvalue weighted by atomic mass is 10.3. The van der Waals surface area contributed by atoms with Gasteiger partial charge >= 0.3 is 0 Å². The molecule has 0 aliphatic heterocycles. The molecule has 0 aliphatic rings. The molecule has 2 rings (SSSR count). The van der Waals surface area contributed by atoms with Crippen LogP contribution in [-0.2, 0) is 20.0 Å². The summed E-state index contributed by atoms with van der Waals surface area (Å²) in [4.78, 5) is 4.31. The molecule has 0 unspecified atom stereocenters. The third-order valence-electron chi connectivity index (χ3n) is 2.77. The van der Waals surface area contributed by atoms with Crippen LogP contribution in [-0.4, -0.2) is 25.9 Å². The lowest BCUT2D eigenvalue weighted by molar-refractivity contribution is 0.677. The number of imidazole rings is 1. The van der Waals surface area contributed by atoms with E-state index in [1.165, 1.54) is 5.69 Å². The molecule has 17 heavy (non-hydrogen) atoms. The normalized spacial score (nSPS) is 10.7. The lowest BCUT2D eigenvalue weighted by Gasteiger charge is -2.08. The van der Waals surface area contributed by atoms with Gasteiger partial charge < -0.3 is 9.88 Å². The molecule has 0 saturated carbocycles. The Morgan fingerprint density at radius 1 is 1.35 bits per heavy atom. The summed E-state index contributed by atoms with van der Waals surface area (Å²) < 4.78 is 4.05. The Morgan fingerprint density at radius 3 is 2.94 bits per heavy atom. The Morgan fingerprint density at radius 2 is 2.24 bits per heavy atom. The second-order valence-corrected chi connectivity index (χ2v) is 4.07. The molecule has 0 atom stereocenters. The third kappa shape index (κ3) is 2.87. The predicted octanol–water partition coefficient (Wildman–Crippen LogP) is 1.68. The van der Waals surface area contributed by atoms with E-state index in [2.05, 4.69) is 26.9 Å². The van der Waals surface area contributed by atoms with Crippen molar-refractivity contribution in [3.63, 3.8) is 0 Å². The minimum Gasteiger partial charge on any atom is -0.355 e. The number of aromatic nitrogens is 4. The SMILES string of the molecule is CCCn1ccnc1NCCc1ccnn1C. The molecule has 2 aromatic heterocycles. The van der Waals surface area contributed by atoms with Crippen LogP contribution in [0.1, 0.15) is 19.0 Å². The number of anilines is 1. The molecule has 2 aromatic rings. The van der Waals surface area contributed by atoms with Crippen LogP contribution in [0, 0.1) is 0 Å². The molecule has 5 nitrogen and oxygen atoms in total. The van der Waals surface area contributed by atoms with Crippen LogP contribution in [0.2, 0.25) is 0 Å². The Kier molecular flexibility index (Phi) is 3.80. The third-order valence-corrected chi connectivity index (χ3v) is 2.77. The molecule has 0 aliphatic carbocycles. The van der Waals surface area contributed by atoms with E-state index in [0.29, 0.717) is 0 Å². The van der Waals surface area contributed by atoms with E-state index in [9.17, 15) is 0 Å². The highest BCUT2D eigenvalue weighted by molar-refractivity contribution is 5.26. The highest BCUT2D eigenvalue weighted by Crippen LogP contribution is 2.06. The van der Waals surface area contributed by atoms with Gasteiger partial charge in [0.25, 0.3) is 0 Å². The first-order valence-electron chi connectivity index (χ1n) is 6.03. The molecule has 0 radical (unpaired) electrons. The Labute approximate surface area is 101 Å². The smallest absolute Gasteiger partial charge is 0.202 e. The van der Waals surface area contributed by atoms with Crippen molar-refractivity contribution in [2.75, 3.05) is 11.9 Å². The zero-order valence-electron chi connectivity index (χ0n) is 10.4. The Bertz CT molecular complexity index is 457. The van der Waals surface area contributed by atoms with E-state index < -0.39 is 0 Å². The zero-order chi connectivity index (χ0) is 12.1. The van der Waals surface area contributed by atoms with Gasteiger partial charge in [0.15, 0.2) is 0 Å². The van der Waals surface area contributed by atoms with Crippen molar-refractivity contribution in [1.82, 2.24) is 19.3 Å². The maximum Gasteiger partial charge on any atom is 0.202 e. The van der Waals surface area contributed by atoms with Gasteiger partial charge in [-0.15, -0.1) is 0 Å². The first-order valence-corrected chi connectivity index (χ1v) is 6.03. The fourth-order valence-electron chi connectivity index (χ4n) is 1.85. The van der Waals surface area contributed by atoms with Crippen molar-refractivity contribution in [1.29, 1.82) is 0 Å². The van der Waals surface area contributed by atoms with Crippen molar-refractivity contribution in [3.05, 3.63) is 30.4 Å². The number of nitrogens with zero attached hydrogens (tertiary/aromatic N) is 4. The van der Waals surface area contributed by atoms with E-state index in [1.54, 1.807) is 0 Å². The van der Waals surface area contributed by atoms with Gasteiger partial charge in [0, 0.05) is 50.8 Å². The monoisotopic (exact) mass is 233 g/mol. The predicted molar refractivity (Wildman–Crippen MR) is 67.9 cm³/mol. The van der Waals surface area contributed by atoms with Crippen molar-refractivity contribution >= 4 is 5.95 Å². The Balaban J connectivity index is 1.86. The number of hydrogen-bond acceptors (Lipinski definition) is 3. The number of hydrogen-bond donors (Lipinski definition) is 1. The minimum absolute atomic E-state index is 0.875. The number of aryl methyl sites for hydroxylation is 2. The fraction of sp³-hybridized carbons (Fsp3) is 0.500. The van der Waals surface area contributed by atoms with Crippen LogP contribution in [0.3, 0.4) is 0 Å². The van der Waals surface area contributed by atoms with E-state index in [0.717, 1.165) is 31.9 Å². The van der Waals surface area contributed by atoms with Gasteiger partial charge in [0.05, 0.1) is 0 Å². The lowest BCUT2D eigenvalue weighted by Crippen LogP contribution is -2.12. The van der Waals surface area contributed by atoms with Crippen LogP contribution >= 0.6 is 0 Å². The van der Waals surface area contributed by atoms with Crippen LogP contribution in [0.25, 0.3) is 0 Å². The molecule has 1 N–H and O–H groups in total. The second kappa shape index (κ2) is 5.52. The molecule has 0 saturated heterocycles. The van der Waals surface area contributed by atoms with E-state index in [4.69, 9.17) is 0 Å². The summed E-state index contributed by atoms with van der Waals surface area (Å²) in [7, 11) is 1.97. The zero-order valence-corrected chi connectivity index (χ0v) is 10.4. The highest BCUT2D eigenvalue weighted by Gasteiger charge is 2.02. The maximum atomic E-state index is 4.31. The summed E-state index contributed by atoms with van der Waals surface area (Å²) in [5, 5.41) is 7.50. The summed E-state index contributed by atoms with van der Waals surface area (Å²) in [5.41, 5.74) is 1.23. The largest absolute Gasteiger partial charge is 0.355 e. The average Bonchev–Trinajstić information content (AvgIpc) is 2.90. The van der Waals surface area contributed by atoms with Gasteiger partial charge in [-0.3, -0.25) is 4.68 Å². The van der Waals surface area contributed by atoms with E-state index >= 15 is 0 Å². The molecular weight excluding hydrogens is 214 g/mol. The second-order valence-electron chi connectivity index (χ2n) is 4.07. The Hall–Kier alpha value is -1.78. The van der Waals surface area contributed by atoms with Crippen LogP contribution in [0.4, 0.5) is 5.95 Å². The number of rotatable bonds is 6. The molecule has 5 heteroatoms. The molecule has 2 heterocycles. The topological polar surface area (TPSA) is 47.7 Å². The minimum atomic E-state index is 0.875. The van der Waals surface area contributed by atoms with Gasteiger partial charge in [0.1, 0.15) is 0 Å². The first kappa shape index (κ1) is 11.7. The van der Waals surface area contributed by atoms with Crippen LogP contribution < -0.4 is 5.32 Å². The average molecular weight is 233 g/mol. The summed E-state index contributed by atoms with van der Waals surface area (Å²) in [6.45, 7) is 4.05. The maximum absolute atomic E-state index is 4.31. The first-order chi connectivity index (χ1) is 8.31. The van der Waals surface area contributed by atoms with Crippen LogP contribution in [0.15, 0.2) is 24.7 Å². The highest BCUT2D eigenvalue weighted by atomic mass is 15.3.